The Kier molecular flexibility index (Phi) is 38.2. The summed E-state index contributed by atoms with van der Waals surface area (Å²) in [5, 5.41) is 0. The van der Waals surface area contributed by atoms with Crippen LogP contribution in [0.1, 0.15) is 265 Å². The fourth-order valence-electron chi connectivity index (χ4n) is 7.36. The Hall–Kier alpha value is 0. The number of rotatable bonds is 38. The van der Waals surface area contributed by atoms with Gasteiger partial charge in [-0.3, -0.25) is 0 Å². The van der Waals surface area contributed by atoms with Gasteiger partial charge in [-0.1, -0.05) is 259 Å². The molecule has 0 radical (unpaired) electrons. The zero-order valence-corrected chi connectivity index (χ0v) is 31.3. The summed E-state index contributed by atoms with van der Waals surface area (Å²) in [6, 6.07) is 0. The Morgan fingerprint density at radius 3 is 0.581 bits per heavy atom. The highest BCUT2D eigenvalue weighted by Gasteiger charge is 2.09. The predicted molar refractivity (Wildman–Crippen MR) is 201 cm³/mol. The van der Waals surface area contributed by atoms with Gasteiger partial charge in [0.25, 0.3) is 0 Å². The molecule has 0 heteroatoms. The van der Waals surface area contributed by atoms with E-state index >= 15 is 0 Å². The molecule has 0 aromatic heterocycles. The third kappa shape index (κ3) is 38.1. The normalized spacial score (nSPS) is 13.1. The van der Waals surface area contributed by atoms with Crippen molar-refractivity contribution >= 4 is 0 Å². The molecular weight excluding hydrogens is 516 g/mol. The van der Waals surface area contributed by atoms with Crippen LogP contribution in [0.4, 0.5) is 0 Å². The molecule has 260 valence electrons. The second kappa shape index (κ2) is 38.2. The molecule has 0 aromatic carbocycles. The lowest BCUT2D eigenvalue weighted by molar-refractivity contribution is 0.356. The fraction of sp³-hybridized carbons (Fsp3) is 1.00. The first-order valence-corrected chi connectivity index (χ1v) is 21.2. The van der Waals surface area contributed by atoms with Gasteiger partial charge in [0.05, 0.1) is 0 Å². The van der Waals surface area contributed by atoms with E-state index in [9.17, 15) is 0 Å². The molecule has 0 amide bonds. The molecule has 0 heterocycles. The van der Waals surface area contributed by atoms with Crippen LogP contribution in [0.5, 0.6) is 0 Å². The summed E-state index contributed by atoms with van der Waals surface area (Å²) >= 11 is 0. The first-order valence-electron chi connectivity index (χ1n) is 21.2. The second-order valence-electron chi connectivity index (χ2n) is 15.3. The second-order valence-corrected chi connectivity index (χ2v) is 15.3. The van der Waals surface area contributed by atoms with E-state index in [2.05, 4.69) is 27.7 Å². The maximum Gasteiger partial charge on any atom is -0.0440 e. The van der Waals surface area contributed by atoms with Crippen LogP contribution in [0, 0.1) is 11.8 Å². The van der Waals surface area contributed by atoms with Crippen molar-refractivity contribution in [1.82, 2.24) is 0 Å². The molecule has 0 fully saturated rings. The summed E-state index contributed by atoms with van der Waals surface area (Å²) in [5.74, 6) is 1.88. The molecule has 0 aromatic rings. The Labute approximate surface area is 276 Å². The average Bonchev–Trinajstić information content (AvgIpc) is 3.00. The van der Waals surface area contributed by atoms with Gasteiger partial charge in [-0.15, -0.1) is 0 Å². The van der Waals surface area contributed by atoms with Crippen LogP contribution < -0.4 is 0 Å². The van der Waals surface area contributed by atoms with Crippen LogP contribution in [0.2, 0.25) is 0 Å². The number of hydrogen-bond donors (Lipinski definition) is 0. The van der Waals surface area contributed by atoms with Crippen LogP contribution in [0.3, 0.4) is 0 Å². The maximum absolute atomic E-state index is 2.52. The monoisotopic (exact) mass is 605 g/mol. The molecule has 0 unspecified atom stereocenters. The molecule has 0 rings (SSSR count). The van der Waals surface area contributed by atoms with E-state index in [1.54, 1.807) is 0 Å². The van der Waals surface area contributed by atoms with Gasteiger partial charge in [-0.05, 0) is 18.3 Å². The molecule has 0 spiro atoms. The van der Waals surface area contributed by atoms with Gasteiger partial charge < -0.3 is 0 Å². The predicted octanol–water partition coefficient (Wildman–Crippen LogP) is 16.7. The summed E-state index contributed by atoms with van der Waals surface area (Å²) in [7, 11) is 0. The van der Waals surface area contributed by atoms with Crippen molar-refractivity contribution in [3.8, 4) is 0 Å². The zero-order valence-electron chi connectivity index (χ0n) is 31.3. The Morgan fingerprint density at radius 1 is 0.233 bits per heavy atom. The van der Waals surface area contributed by atoms with Gasteiger partial charge in [0, 0.05) is 0 Å². The highest BCUT2D eigenvalue weighted by atomic mass is 14.1. The van der Waals surface area contributed by atoms with E-state index < -0.39 is 0 Å². The van der Waals surface area contributed by atoms with Crippen molar-refractivity contribution in [2.75, 3.05) is 0 Å². The van der Waals surface area contributed by atoms with Crippen molar-refractivity contribution in [1.29, 1.82) is 0 Å². The zero-order chi connectivity index (χ0) is 31.3. The van der Waals surface area contributed by atoms with Gasteiger partial charge >= 0.3 is 0 Å². The average molecular weight is 605 g/mol. The maximum atomic E-state index is 2.52. The first kappa shape index (κ1) is 43.0. The van der Waals surface area contributed by atoms with Crippen LogP contribution >= 0.6 is 0 Å². The van der Waals surface area contributed by atoms with Gasteiger partial charge in [0.15, 0.2) is 0 Å². The molecule has 0 N–H and O–H groups in total. The van der Waals surface area contributed by atoms with Gasteiger partial charge in [-0.2, -0.15) is 0 Å². The molecule has 0 aliphatic rings. The SMILES string of the molecule is CCCCCCCCCCCCCCCCCCCCCCCC[C@H](C)C[C@H](C)CCCCCCCCCCCCCC. The summed E-state index contributed by atoms with van der Waals surface area (Å²) in [6.45, 7) is 9.67. The van der Waals surface area contributed by atoms with E-state index in [0.717, 1.165) is 11.8 Å². The standard InChI is InChI=1S/C43H88/c1-5-7-9-11-13-15-17-19-20-21-22-23-24-25-26-27-28-30-32-34-36-38-40-43(4)41-42(3)39-37-35-33-31-29-18-16-14-12-10-8-6-2/h42-43H,5-41H2,1-4H3/t42-,43+/m1/s1. The van der Waals surface area contributed by atoms with E-state index in [1.807, 2.05) is 0 Å². The first-order chi connectivity index (χ1) is 21.2. The van der Waals surface area contributed by atoms with Crippen molar-refractivity contribution in [2.24, 2.45) is 11.8 Å². The lowest BCUT2D eigenvalue weighted by Crippen LogP contribution is -2.03. The van der Waals surface area contributed by atoms with Crippen LogP contribution in [-0.2, 0) is 0 Å². The minimum Gasteiger partial charge on any atom is -0.0654 e. The molecule has 0 saturated carbocycles. The molecule has 2 atom stereocenters. The van der Waals surface area contributed by atoms with Crippen molar-refractivity contribution in [3.63, 3.8) is 0 Å². The van der Waals surface area contributed by atoms with E-state index in [4.69, 9.17) is 0 Å². The van der Waals surface area contributed by atoms with Gasteiger partial charge in [0.2, 0.25) is 0 Å². The van der Waals surface area contributed by atoms with Crippen molar-refractivity contribution in [3.05, 3.63) is 0 Å². The van der Waals surface area contributed by atoms with Crippen molar-refractivity contribution in [2.45, 2.75) is 265 Å². The topological polar surface area (TPSA) is 0 Å². The summed E-state index contributed by atoms with van der Waals surface area (Å²) in [5.41, 5.74) is 0. The number of hydrogen-bond acceptors (Lipinski definition) is 0. The minimum absolute atomic E-state index is 0.942. The highest BCUT2D eigenvalue weighted by Crippen LogP contribution is 2.23. The fourth-order valence-corrected chi connectivity index (χ4v) is 7.36. The third-order valence-electron chi connectivity index (χ3n) is 10.4. The van der Waals surface area contributed by atoms with E-state index in [-0.39, 0.29) is 0 Å². The lowest BCUT2D eigenvalue weighted by atomic mass is 9.89. The summed E-state index contributed by atoms with van der Waals surface area (Å²) < 4.78 is 0. The largest absolute Gasteiger partial charge is 0.0654 e. The Bertz CT molecular complexity index is 467. The molecule has 0 aliphatic carbocycles. The van der Waals surface area contributed by atoms with E-state index in [0.29, 0.717) is 0 Å². The smallest absolute Gasteiger partial charge is 0.0440 e. The molecule has 0 aliphatic heterocycles. The molecule has 0 saturated heterocycles. The molecule has 0 nitrogen and oxygen atoms in total. The summed E-state index contributed by atoms with van der Waals surface area (Å²) in [4.78, 5) is 0. The van der Waals surface area contributed by atoms with Crippen LogP contribution in [0.15, 0.2) is 0 Å². The third-order valence-corrected chi connectivity index (χ3v) is 10.4. The minimum atomic E-state index is 0.942. The van der Waals surface area contributed by atoms with Crippen LogP contribution in [0.25, 0.3) is 0 Å². The Morgan fingerprint density at radius 2 is 0.395 bits per heavy atom. The number of unbranched alkanes of at least 4 members (excludes halogenated alkanes) is 32. The molecule has 0 bridgehead atoms. The van der Waals surface area contributed by atoms with Gasteiger partial charge in [-0.25, -0.2) is 0 Å². The quantitative estimate of drug-likeness (QED) is 0.0615. The van der Waals surface area contributed by atoms with Gasteiger partial charge in [0.1, 0.15) is 0 Å². The van der Waals surface area contributed by atoms with E-state index in [1.165, 1.54) is 238 Å². The van der Waals surface area contributed by atoms with Crippen molar-refractivity contribution < 1.29 is 0 Å². The highest BCUT2D eigenvalue weighted by molar-refractivity contribution is 4.61. The Balaban J connectivity index is 3.23. The molecule has 43 heavy (non-hydrogen) atoms. The van der Waals surface area contributed by atoms with Crippen LogP contribution in [-0.4, -0.2) is 0 Å². The summed E-state index contributed by atoms with van der Waals surface area (Å²) in [6.07, 6.45) is 54.6. The lowest BCUT2D eigenvalue weighted by Gasteiger charge is -2.17. The molecular formula is C43H88.